The molecule has 0 saturated carbocycles. The van der Waals surface area contributed by atoms with E-state index in [0.717, 1.165) is 33.2 Å². The number of carbonyl (C=O) groups excluding carboxylic acids is 2. The highest BCUT2D eigenvalue weighted by Gasteiger charge is 2.38. The Hall–Kier alpha value is -5.32. The first-order chi connectivity index (χ1) is 23.0. The largest absolute Gasteiger partial charge is 0.310 e. The molecule has 3 nitrogen and oxygen atoms in total. The van der Waals surface area contributed by atoms with E-state index in [9.17, 15) is 9.59 Å². The second-order valence-corrected chi connectivity index (χ2v) is 19.6. The third kappa shape index (κ3) is 4.70. The third-order valence-electron chi connectivity index (χ3n) is 10.1. The van der Waals surface area contributed by atoms with Gasteiger partial charge in [-0.15, -0.1) is 0 Å². The van der Waals surface area contributed by atoms with Gasteiger partial charge in [0.05, 0.1) is 25.0 Å². The standard InChI is InChI=1S/C44H37NO2Si/c1-44(2)38-13-9-10-14-39(38)45(32-18-20-33(21-19-32)48(3,4)5)40-24-17-31-25-28(15-22-34(31)41(40)44)26-37-42(46)35-23-16-30(27-36(35)43(37)47)29-11-7-6-8-12-29/h6-27H,1-5H3/b37-26-. The average Bonchev–Trinajstić information content (AvgIpc) is 3.32. The number of para-hydroxylation sites is 1. The Morgan fingerprint density at radius 3 is 2.08 bits per heavy atom. The molecule has 0 N–H and O–H groups in total. The number of carbonyl (C=O) groups is 2. The monoisotopic (exact) mass is 639 g/mol. The number of hydrogen-bond donors (Lipinski definition) is 0. The zero-order valence-corrected chi connectivity index (χ0v) is 29.0. The van der Waals surface area contributed by atoms with Gasteiger partial charge in [-0.1, -0.05) is 124 Å². The first-order valence-electron chi connectivity index (χ1n) is 16.6. The van der Waals surface area contributed by atoms with E-state index in [0.29, 0.717) is 11.1 Å². The van der Waals surface area contributed by atoms with E-state index in [1.165, 1.54) is 27.7 Å². The summed E-state index contributed by atoms with van der Waals surface area (Å²) in [6, 6.07) is 44.1. The zero-order chi connectivity index (χ0) is 33.4. The van der Waals surface area contributed by atoms with E-state index in [1.54, 1.807) is 12.1 Å². The van der Waals surface area contributed by atoms with Gasteiger partial charge in [-0.05, 0) is 87.1 Å². The predicted octanol–water partition coefficient (Wildman–Crippen LogP) is 10.6. The van der Waals surface area contributed by atoms with Gasteiger partial charge < -0.3 is 4.90 Å². The summed E-state index contributed by atoms with van der Waals surface area (Å²) in [5.41, 5.74) is 9.75. The molecule has 234 valence electrons. The van der Waals surface area contributed by atoms with Crippen molar-refractivity contribution in [2.75, 3.05) is 4.90 Å². The number of Topliss-reactive ketones (excluding diaryl/α,β-unsaturated/α-hetero) is 2. The van der Waals surface area contributed by atoms with Crippen LogP contribution in [-0.2, 0) is 5.41 Å². The van der Waals surface area contributed by atoms with Gasteiger partial charge in [0, 0.05) is 22.2 Å². The van der Waals surface area contributed by atoms with Crippen LogP contribution in [-0.4, -0.2) is 19.6 Å². The molecule has 8 rings (SSSR count). The van der Waals surface area contributed by atoms with Crippen molar-refractivity contribution in [1.29, 1.82) is 0 Å². The quantitative estimate of drug-likeness (QED) is 0.109. The lowest BCUT2D eigenvalue weighted by molar-refractivity contribution is 0.0990. The van der Waals surface area contributed by atoms with Crippen molar-refractivity contribution in [3.63, 3.8) is 0 Å². The van der Waals surface area contributed by atoms with Crippen LogP contribution in [0.15, 0.2) is 133 Å². The van der Waals surface area contributed by atoms with E-state index >= 15 is 0 Å². The minimum Gasteiger partial charge on any atom is -0.310 e. The highest BCUT2D eigenvalue weighted by molar-refractivity contribution is 6.88. The molecule has 1 aliphatic carbocycles. The van der Waals surface area contributed by atoms with E-state index < -0.39 is 8.07 Å². The number of nitrogens with zero attached hydrogens (tertiary/aromatic N) is 1. The van der Waals surface area contributed by atoms with Gasteiger partial charge >= 0.3 is 0 Å². The van der Waals surface area contributed by atoms with Crippen molar-refractivity contribution in [3.8, 4) is 11.1 Å². The lowest BCUT2D eigenvalue weighted by Crippen LogP contribution is -2.37. The van der Waals surface area contributed by atoms with Gasteiger partial charge in [-0.3, -0.25) is 9.59 Å². The number of rotatable bonds is 4. The SMILES string of the molecule is CC1(C)c2ccccc2N(c2ccc([Si](C)(C)C)cc2)c2ccc3cc(/C=C4/C(=O)c5ccc(-c6ccccc6)cc5C4=O)ccc3c21. The predicted molar refractivity (Wildman–Crippen MR) is 202 cm³/mol. The molecule has 0 aromatic heterocycles. The summed E-state index contributed by atoms with van der Waals surface area (Å²) in [7, 11) is -1.44. The van der Waals surface area contributed by atoms with Gasteiger partial charge in [0.25, 0.3) is 0 Å². The number of ketones is 2. The van der Waals surface area contributed by atoms with Crippen molar-refractivity contribution >= 4 is 58.7 Å². The maximum absolute atomic E-state index is 13.6. The fraction of sp³-hybridized carbons (Fsp3) is 0.136. The Balaban J connectivity index is 1.21. The summed E-state index contributed by atoms with van der Waals surface area (Å²) < 4.78 is 0. The first kappa shape index (κ1) is 30.0. The van der Waals surface area contributed by atoms with Crippen LogP contribution in [0.25, 0.3) is 28.0 Å². The molecular formula is C44H37NO2Si. The molecule has 0 amide bonds. The van der Waals surface area contributed by atoms with Gasteiger partial charge in [-0.25, -0.2) is 0 Å². The van der Waals surface area contributed by atoms with Crippen molar-refractivity contribution in [1.82, 2.24) is 0 Å². The van der Waals surface area contributed by atoms with Gasteiger partial charge in [0.2, 0.25) is 0 Å². The number of fused-ring (bicyclic) bond motifs is 5. The number of allylic oxidation sites excluding steroid dienone is 1. The molecule has 0 fully saturated rings. The second kappa shape index (κ2) is 10.9. The van der Waals surface area contributed by atoms with E-state index in [-0.39, 0.29) is 22.6 Å². The lowest BCUT2D eigenvalue weighted by Gasteiger charge is -2.42. The molecule has 0 saturated heterocycles. The Labute approximate surface area is 283 Å². The van der Waals surface area contributed by atoms with Crippen molar-refractivity contribution in [3.05, 3.63) is 161 Å². The van der Waals surface area contributed by atoms with Crippen molar-refractivity contribution < 1.29 is 9.59 Å². The Morgan fingerprint density at radius 2 is 1.33 bits per heavy atom. The summed E-state index contributed by atoms with van der Waals surface area (Å²) in [6.07, 6.45) is 1.76. The summed E-state index contributed by atoms with van der Waals surface area (Å²) >= 11 is 0. The van der Waals surface area contributed by atoms with Gasteiger partial charge in [0.1, 0.15) is 0 Å². The van der Waals surface area contributed by atoms with Gasteiger partial charge in [0.15, 0.2) is 11.6 Å². The molecule has 0 bridgehead atoms. The lowest BCUT2D eigenvalue weighted by atomic mass is 9.71. The highest BCUT2D eigenvalue weighted by atomic mass is 28.3. The fourth-order valence-corrected chi connectivity index (χ4v) is 8.72. The van der Waals surface area contributed by atoms with Crippen LogP contribution in [0.5, 0.6) is 0 Å². The van der Waals surface area contributed by atoms with E-state index in [4.69, 9.17) is 0 Å². The topological polar surface area (TPSA) is 37.4 Å². The van der Waals surface area contributed by atoms with Crippen molar-refractivity contribution in [2.45, 2.75) is 38.9 Å². The molecular weight excluding hydrogens is 603 g/mol. The summed E-state index contributed by atoms with van der Waals surface area (Å²) in [6.45, 7) is 11.8. The molecule has 0 atom stereocenters. The van der Waals surface area contributed by atoms with Crippen LogP contribution in [0.3, 0.4) is 0 Å². The average molecular weight is 640 g/mol. The highest BCUT2D eigenvalue weighted by Crippen LogP contribution is 2.53. The minimum atomic E-state index is -1.44. The Morgan fingerprint density at radius 1 is 0.625 bits per heavy atom. The molecule has 1 aliphatic heterocycles. The van der Waals surface area contributed by atoms with Crippen LogP contribution in [0.1, 0.15) is 51.3 Å². The molecule has 48 heavy (non-hydrogen) atoms. The van der Waals surface area contributed by atoms with Crippen LogP contribution < -0.4 is 10.1 Å². The van der Waals surface area contributed by atoms with Crippen LogP contribution in [0.2, 0.25) is 19.6 Å². The summed E-state index contributed by atoms with van der Waals surface area (Å²) in [5.74, 6) is -0.430. The molecule has 0 spiro atoms. The Kier molecular flexibility index (Phi) is 6.80. The zero-order valence-electron chi connectivity index (χ0n) is 28.0. The van der Waals surface area contributed by atoms with E-state index in [2.05, 4.69) is 111 Å². The Bertz CT molecular complexity index is 2330. The third-order valence-corrected chi connectivity index (χ3v) is 12.2. The molecule has 6 aromatic carbocycles. The molecule has 0 unspecified atom stereocenters. The minimum absolute atomic E-state index is 0.214. The van der Waals surface area contributed by atoms with Gasteiger partial charge in [-0.2, -0.15) is 0 Å². The molecule has 4 heteroatoms. The molecule has 1 heterocycles. The maximum Gasteiger partial charge on any atom is 0.197 e. The fourth-order valence-electron chi connectivity index (χ4n) is 7.55. The van der Waals surface area contributed by atoms with E-state index in [1.807, 2.05) is 48.5 Å². The number of hydrogen-bond acceptors (Lipinski definition) is 3. The summed E-state index contributed by atoms with van der Waals surface area (Å²) in [5, 5.41) is 3.68. The molecule has 2 aliphatic rings. The number of benzene rings is 6. The molecule has 6 aromatic rings. The smallest absolute Gasteiger partial charge is 0.197 e. The van der Waals surface area contributed by atoms with Crippen LogP contribution in [0.4, 0.5) is 17.1 Å². The maximum atomic E-state index is 13.6. The van der Waals surface area contributed by atoms with Crippen molar-refractivity contribution in [2.24, 2.45) is 0 Å². The second-order valence-electron chi connectivity index (χ2n) is 14.6. The molecule has 0 radical (unpaired) electrons. The number of anilines is 3. The summed E-state index contributed by atoms with van der Waals surface area (Å²) in [4.78, 5) is 29.5. The van der Waals surface area contributed by atoms with Crippen LogP contribution >= 0.6 is 0 Å². The van der Waals surface area contributed by atoms with Crippen LogP contribution in [0, 0.1) is 0 Å². The normalized spacial score (nSPS) is 15.9. The first-order valence-corrected chi connectivity index (χ1v) is 20.1.